The maximum Gasteiger partial charge on any atom is 0.135 e. The van der Waals surface area contributed by atoms with Crippen molar-refractivity contribution in [3.05, 3.63) is 89.5 Å². The largest absolute Gasteiger partial charge is 0.305 e. The Kier molecular flexibility index (Phi) is 8.53. The van der Waals surface area contributed by atoms with Crippen LogP contribution in [0.4, 0.5) is 0 Å². The van der Waals surface area contributed by atoms with E-state index in [2.05, 4.69) is 49.9 Å². The molecule has 0 atom stereocenters. The number of benzene rings is 2. The van der Waals surface area contributed by atoms with Gasteiger partial charge in [-0.15, -0.1) is 0 Å². The minimum Gasteiger partial charge on any atom is -0.305 e. The molecule has 2 rings (SSSR count). The average Bonchev–Trinajstić information content (AvgIpc) is 2.68. The van der Waals surface area contributed by atoms with E-state index in [4.69, 9.17) is 5.41 Å². The monoisotopic (exact) mass is 401 g/mol. The molecule has 2 nitrogen and oxygen atoms in total. The lowest BCUT2D eigenvalue weighted by molar-refractivity contribution is -0.125. The molecule has 0 saturated carbocycles. The van der Waals surface area contributed by atoms with Gasteiger partial charge < -0.3 is 5.41 Å². The molecule has 0 aliphatic carbocycles. The van der Waals surface area contributed by atoms with Gasteiger partial charge in [0, 0.05) is 11.1 Å². The van der Waals surface area contributed by atoms with Gasteiger partial charge in [-0.25, -0.2) is 0 Å². The molecule has 0 aliphatic rings. The molecule has 1 N–H and O–H groups in total. The molecule has 0 radical (unpaired) electrons. The van der Waals surface area contributed by atoms with Crippen molar-refractivity contribution < 1.29 is 4.79 Å². The second kappa shape index (κ2) is 10.9. The lowest BCUT2D eigenvalue weighted by atomic mass is 9.83. The normalized spacial score (nSPS) is 11.9. The fraction of sp³-hybridized carbons (Fsp3) is 0.357. The zero-order valence-corrected chi connectivity index (χ0v) is 18.9. The Morgan fingerprint density at radius 1 is 1.10 bits per heavy atom. The highest BCUT2D eigenvalue weighted by Gasteiger charge is 2.22. The summed E-state index contributed by atoms with van der Waals surface area (Å²) >= 11 is 0. The van der Waals surface area contributed by atoms with Crippen LogP contribution in [0.5, 0.6) is 0 Å². The van der Waals surface area contributed by atoms with E-state index in [1.165, 1.54) is 11.1 Å². The number of ketones is 1. The molecule has 0 saturated heterocycles. The predicted octanol–water partition coefficient (Wildman–Crippen LogP) is 7.37. The summed E-state index contributed by atoms with van der Waals surface area (Å²) in [7, 11) is 0. The third-order valence-electron chi connectivity index (χ3n) is 5.67. The molecule has 2 aromatic rings. The molecule has 158 valence electrons. The smallest absolute Gasteiger partial charge is 0.135 e. The van der Waals surface area contributed by atoms with E-state index in [1.54, 1.807) is 6.92 Å². The predicted molar refractivity (Wildman–Crippen MR) is 129 cm³/mol. The van der Waals surface area contributed by atoms with Crippen molar-refractivity contribution in [3.8, 4) is 0 Å². The fourth-order valence-corrected chi connectivity index (χ4v) is 3.51. The topological polar surface area (TPSA) is 40.9 Å². The van der Waals surface area contributed by atoms with Gasteiger partial charge in [-0.2, -0.15) is 0 Å². The number of carbonyl (C=O) groups excluding carboxylic acids is 1. The first-order valence-electron chi connectivity index (χ1n) is 10.7. The molecule has 0 unspecified atom stereocenters. The number of hydrogen-bond donors (Lipinski definition) is 1. The van der Waals surface area contributed by atoms with Gasteiger partial charge >= 0.3 is 0 Å². The van der Waals surface area contributed by atoms with Gasteiger partial charge in [0.05, 0.1) is 0 Å². The van der Waals surface area contributed by atoms with E-state index in [9.17, 15) is 4.79 Å². The molecule has 0 bridgehead atoms. The maximum atomic E-state index is 11.7. The quantitative estimate of drug-likeness (QED) is 0.310. The van der Waals surface area contributed by atoms with Gasteiger partial charge in [-0.05, 0) is 68.7 Å². The van der Waals surface area contributed by atoms with E-state index in [1.807, 2.05) is 38.1 Å². The molecule has 0 aromatic heterocycles. The van der Waals surface area contributed by atoms with Crippen LogP contribution in [-0.4, -0.2) is 11.5 Å². The van der Waals surface area contributed by atoms with Crippen molar-refractivity contribution in [2.45, 2.75) is 59.8 Å². The minimum atomic E-state index is -0.311. The number of aryl methyl sites for hydroxylation is 1. The van der Waals surface area contributed by atoms with Crippen LogP contribution in [0.25, 0.3) is 5.57 Å². The first kappa shape index (κ1) is 23.5. The minimum absolute atomic E-state index is 0.210. The number of Topliss-reactive ketones (excluding diaryl/α,β-unsaturated/α-hetero) is 1. The third-order valence-corrected chi connectivity index (χ3v) is 5.67. The van der Waals surface area contributed by atoms with Crippen LogP contribution in [0.2, 0.25) is 0 Å². The summed E-state index contributed by atoms with van der Waals surface area (Å²) in [5, 5.41) is 8.49. The van der Waals surface area contributed by atoms with Crippen molar-refractivity contribution in [3.63, 3.8) is 0 Å². The molecule has 30 heavy (non-hydrogen) atoms. The molecule has 2 aromatic carbocycles. The third kappa shape index (κ3) is 7.59. The summed E-state index contributed by atoms with van der Waals surface area (Å²) in [6.45, 7) is 12.0. The zero-order chi connectivity index (χ0) is 22.1. The van der Waals surface area contributed by atoms with Gasteiger partial charge in [0.25, 0.3) is 0 Å². The van der Waals surface area contributed by atoms with Crippen LogP contribution in [-0.2, 0) is 11.2 Å². The molecule has 0 amide bonds. The Bertz CT molecular complexity index is 919. The number of nitrogens with one attached hydrogen (secondary N) is 1. The first-order chi connectivity index (χ1) is 14.2. The number of allylic oxidation sites excluding steroid dienone is 3. The SMILES string of the molecule is C=C(C/C(=C\C(=N)CCCC(C)(C)C(C)=O)c1ccccc1)Cc1cccc(C)c1. The Balaban J connectivity index is 2.08. The second-order valence-electron chi connectivity index (χ2n) is 8.95. The lowest BCUT2D eigenvalue weighted by Crippen LogP contribution is -2.21. The van der Waals surface area contributed by atoms with Crippen molar-refractivity contribution in [2.24, 2.45) is 5.41 Å². The number of hydrogen-bond acceptors (Lipinski definition) is 2. The van der Waals surface area contributed by atoms with Crippen molar-refractivity contribution in [1.29, 1.82) is 5.41 Å². The van der Waals surface area contributed by atoms with Crippen molar-refractivity contribution in [1.82, 2.24) is 0 Å². The van der Waals surface area contributed by atoms with Crippen molar-refractivity contribution >= 4 is 17.1 Å². The Labute approximate surface area is 182 Å². The molecular weight excluding hydrogens is 366 g/mol. The van der Waals surface area contributed by atoms with Gasteiger partial charge in [-0.1, -0.05) is 86.2 Å². The summed E-state index contributed by atoms with van der Waals surface area (Å²) in [5.74, 6) is 0.210. The molecule has 2 heteroatoms. The van der Waals surface area contributed by atoms with Crippen LogP contribution in [0.3, 0.4) is 0 Å². The van der Waals surface area contributed by atoms with Gasteiger partial charge in [0.2, 0.25) is 0 Å². The molecular formula is C28H35NO. The molecule has 0 fully saturated rings. The molecule has 0 spiro atoms. The maximum absolute atomic E-state index is 11.7. The zero-order valence-electron chi connectivity index (χ0n) is 18.9. The Morgan fingerprint density at radius 3 is 2.43 bits per heavy atom. The summed E-state index contributed by atoms with van der Waals surface area (Å²) < 4.78 is 0. The molecule has 0 aliphatic heterocycles. The second-order valence-corrected chi connectivity index (χ2v) is 8.95. The fourth-order valence-electron chi connectivity index (χ4n) is 3.51. The van der Waals surface area contributed by atoms with Crippen LogP contribution < -0.4 is 0 Å². The summed E-state index contributed by atoms with van der Waals surface area (Å²) in [6, 6.07) is 18.8. The van der Waals surface area contributed by atoms with E-state index < -0.39 is 0 Å². The highest BCUT2D eigenvalue weighted by atomic mass is 16.1. The summed E-state index contributed by atoms with van der Waals surface area (Å²) in [6.07, 6.45) is 5.91. The average molecular weight is 402 g/mol. The van der Waals surface area contributed by atoms with Crippen LogP contribution >= 0.6 is 0 Å². The van der Waals surface area contributed by atoms with Crippen LogP contribution in [0, 0.1) is 17.7 Å². The van der Waals surface area contributed by atoms with E-state index in [0.29, 0.717) is 12.1 Å². The van der Waals surface area contributed by atoms with E-state index in [0.717, 1.165) is 42.4 Å². The number of rotatable bonds is 11. The Morgan fingerprint density at radius 2 is 1.80 bits per heavy atom. The standard InChI is InChI=1S/C28H35NO/c1-21-11-9-12-24(17-21)18-22(2)19-26(25-13-7-6-8-14-25)20-27(29)15-10-16-28(4,5)23(3)30/h6-9,11-14,17,20,29H,2,10,15-16,18-19H2,1,3-5H3/b26-20+,29-27?. The van der Waals surface area contributed by atoms with Crippen molar-refractivity contribution in [2.75, 3.05) is 0 Å². The number of carbonyl (C=O) groups is 1. The van der Waals surface area contributed by atoms with Crippen LogP contribution in [0.15, 0.2) is 72.8 Å². The highest BCUT2D eigenvalue weighted by Crippen LogP contribution is 2.26. The lowest BCUT2D eigenvalue weighted by Gasteiger charge is -2.20. The van der Waals surface area contributed by atoms with Gasteiger partial charge in [0.1, 0.15) is 5.78 Å². The van der Waals surface area contributed by atoms with Crippen LogP contribution in [0.1, 0.15) is 63.1 Å². The highest BCUT2D eigenvalue weighted by molar-refractivity contribution is 5.99. The summed E-state index contributed by atoms with van der Waals surface area (Å²) in [5.41, 5.74) is 6.23. The first-order valence-corrected chi connectivity index (χ1v) is 10.7. The van der Waals surface area contributed by atoms with Gasteiger partial charge in [0.15, 0.2) is 0 Å². The van der Waals surface area contributed by atoms with E-state index >= 15 is 0 Å². The Hall–Kier alpha value is -2.74. The van der Waals surface area contributed by atoms with Gasteiger partial charge in [-0.3, -0.25) is 4.79 Å². The molecule has 0 heterocycles. The summed E-state index contributed by atoms with van der Waals surface area (Å²) in [4.78, 5) is 11.7. The van der Waals surface area contributed by atoms with E-state index in [-0.39, 0.29) is 11.2 Å².